The summed E-state index contributed by atoms with van der Waals surface area (Å²) in [6, 6.07) is 14.9. The molecule has 2 aliphatic rings. The molecule has 0 radical (unpaired) electrons. The van der Waals surface area contributed by atoms with E-state index in [0.717, 1.165) is 32.7 Å². The van der Waals surface area contributed by atoms with Crippen molar-refractivity contribution in [3.05, 3.63) is 54.9 Å². The summed E-state index contributed by atoms with van der Waals surface area (Å²) < 4.78 is 0. The number of benzene rings is 1. The highest BCUT2D eigenvalue weighted by Gasteiger charge is 2.30. The van der Waals surface area contributed by atoms with Gasteiger partial charge in [-0.15, -0.1) is 0 Å². The Labute approximate surface area is 143 Å². The van der Waals surface area contributed by atoms with Gasteiger partial charge in [0.15, 0.2) is 0 Å². The number of aromatic nitrogens is 1. The van der Waals surface area contributed by atoms with Gasteiger partial charge in [0.25, 0.3) is 0 Å². The van der Waals surface area contributed by atoms with Crippen LogP contribution >= 0.6 is 0 Å². The third-order valence-electron chi connectivity index (χ3n) is 4.89. The molecule has 1 N–H and O–H groups in total. The Morgan fingerprint density at radius 1 is 0.958 bits per heavy atom. The van der Waals surface area contributed by atoms with E-state index in [1.807, 2.05) is 12.4 Å². The van der Waals surface area contributed by atoms with Crippen LogP contribution in [0.3, 0.4) is 0 Å². The van der Waals surface area contributed by atoms with Gasteiger partial charge in [0.1, 0.15) is 6.17 Å². The quantitative estimate of drug-likeness (QED) is 0.934. The van der Waals surface area contributed by atoms with E-state index in [-0.39, 0.29) is 6.17 Å². The highest BCUT2D eigenvalue weighted by atomic mass is 15.7. The third kappa shape index (κ3) is 3.23. The summed E-state index contributed by atoms with van der Waals surface area (Å²) in [4.78, 5) is 6.66. The third-order valence-corrected chi connectivity index (χ3v) is 4.89. The molecule has 24 heavy (non-hydrogen) atoms. The SMILES string of the molecule is c1ccc(N2CCNC(N(c3ccncc3)N3CCCC3)C2)cc1. The zero-order valence-electron chi connectivity index (χ0n) is 14.0. The second-order valence-electron chi connectivity index (χ2n) is 6.46. The van der Waals surface area contributed by atoms with Gasteiger partial charge >= 0.3 is 0 Å². The number of nitrogens with one attached hydrogen (secondary N) is 1. The predicted molar refractivity (Wildman–Crippen MR) is 98.0 cm³/mol. The number of para-hydroxylation sites is 1. The topological polar surface area (TPSA) is 34.6 Å². The number of hydrazine groups is 1. The van der Waals surface area contributed by atoms with Gasteiger partial charge in [0, 0.05) is 44.3 Å². The standard InChI is InChI=1S/C19H25N5/c1-2-6-17(7-3-1)22-15-12-21-19(16-22)24(23-13-4-5-14-23)18-8-10-20-11-9-18/h1-3,6-11,19,21H,4-5,12-16H2. The van der Waals surface area contributed by atoms with Crippen LogP contribution in [0.4, 0.5) is 11.4 Å². The van der Waals surface area contributed by atoms with Crippen LogP contribution in [0, 0.1) is 0 Å². The van der Waals surface area contributed by atoms with Crippen molar-refractivity contribution in [3.8, 4) is 0 Å². The van der Waals surface area contributed by atoms with Crippen molar-refractivity contribution in [1.29, 1.82) is 0 Å². The van der Waals surface area contributed by atoms with E-state index in [1.165, 1.54) is 24.2 Å². The smallest absolute Gasteiger partial charge is 0.113 e. The summed E-state index contributed by atoms with van der Waals surface area (Å²) in [7, 11) is 0. The normalized spacial score (nSPS) is 21.8. The Balaban J connectivity index is 1.58. The molecule has 1 aromatic carbocycles. The molecule has 2 aliphatic heterocycles. The van der Waals surface area contributed by atoms with E-state index in [1.54, 1.807) is 0 Å². The maximum absolute atomic E-state index is 4.19. The molecule has 2 aromatic rings. The van der Waals surface area contributed by atoms with Gasteiger partial charge in [-0.05, 0) is 37.1 Å². The van der Waals surface area contributed by atoms with Crippen LogP contribution in [0.2, 0.25) is 0 Å². The lowest BCUT2D eigenvalue weighted by molar-refractivity contribution is 0.243. The Morgan fingerprint density at radius 3 is 2.46 bits per heavy atom. The van der Waals surface area contributed by atoms with Crippen molar-refractivity contribution in [1.82, 2.24) is 15.3 Å². The van der Waals surface area contributed by atoms with Gasteiger partial charge in [-0.1, -0.05) is 18.2 Å². The zero-order chi connectivity index (χ0) is 16.2. The van der Waals surface area contributed by atoms with Gasteiger partial charge < -0.3 is 4.90 Å². The molecule has 0 spiro atoms. The zero-order valence-corrected chi connectivity index (χ0v) is 14.0. The first kappa shape index (κ1) is 15.4. The number of pyridine rings is 1. The van der Waals surface area contributed by atoms with Crippen molar-refractivity contribution < 1.29 is 0 Å². The van der Waals surface area contributed by atoms with Crippen LogP contribution in [0.1, 0.15) is 12.8 Å². The Hall–Kier alpha value is -2.11. The number of hydrogen-bond donors (Lipinski definition) is 1. The molecule has 5 nitrogen and oxygen atoms in total. The number of hydrogen-bond acceptors (Lipinski definition) is 5. The number of anilines is 2. The molecular weight excluding hydrogens is 298 g/mol. The van der Waals surface area contributed by atoms with Gasteiger partial charge in [0.2, 0.25) is 0 Å². The predicted octanol–water partition coefficient (Wildman–Crippen LogP) is 2.33. The summed E-state index contributed by atoms with van der Waals surface area (Å²) in [5.41, 5.74) is 2.53. The van der Waals surface area contributed by atoms with E-state index in [4.69, 9.17) is 0 Å². The van der Waals surface area contributed by atoms with Gasteiger partial charge in [-0.3, -0.25) is 15.3 Å². The summed E-state index contributed by atoms with van der Waals surface area (Å²) in [6.45, 7) is 5.28. The molecule has 2 saturated heterocycles. The Bertz CT molecular complexity index is 627. The van der Waals surface area contributed by atoms with Crippen molar-refractivity contribution in [2.45, 2.75) is 19.0 Å². The number of nitrogens with zero attached hydrogens (tertiary/aromatic N) is 4. The minimum Gasteiger partial charge on any atom is -0.367 e. The fourth-order valence-electron chi connectivity index (χ4n) is 3.72. The van der Waals surface area contributed by atoms with Gasteiger partial charge in [0.05, 0.1) is 12.2 Å². The first-order valence-corrected chi connectivity index (χ1v) is 8.89. The number of piperazine rings is 1. The molecule has 4 rings (SSSR count). The van der Waals surface area contributed by atoms with Crippen molar-refractivity contribution in [2.24, 2.45) is 0 Å². The second kappa shape index (κ2) is 7.20. The van der Waals surface area contributed by atoms with Crippen LogP contribution in [-0.2, 0) is 0 Å². The lowest BCUT2D eigenvalue weighted by Gasteiger charge is -2.45. The van der Waals surface area contributed by atoms with E-state index in [2.05, 4.69) is 67.7 Å². The van der Waals surface area contributed by atoms with E-state index >= 15 is 0 Å². The Kier molecular flexibility index (Phi) is 4.62. The molecule has 5 heteroatoms. The average molecular weight is 323 g/mol. The molecule has 1 atom stereocenters. The molecule has 1 unspecified atom stereocenters. The largest absolute Gasteiger partial charge is 0.367 e. The van der Waals surface area contributed by atoms with Crippen molar-refractivity contribution in [3.63, 3.8) is 0 Å². The fraction of sp³-hybridized carbons (Fsp3) is 0.421. The average Bonchev–Trinajstić information content (AvgIpc) is 3.18. The molecule has 0 aliphatic carbocycles. The summed E-state index contributed by atoms with van der Waals surface area (Å²) in [5.74, 6) is 0. The highest BCUT2D eigenvalue weighted by Crippen LogP contribution is 2.24. The maximum atomic E-state index is 4.19. The first-order valence-electron chi connectivity index (χ1n) is 8.89. The van der Waals surface area contributed by atoms with E-state index in [9.17, 15) is 0 Å². The van der Waals surface area contributed by atoms with Crippen LogP contribution in [-0.4, -0.2) is 48.9 Å². The molecule has 0 amide bonds. The first-order chi connectivity index (χ1) is 11.9. The van der Waals surface area contributed by atoms with Gasteiger partial charge in [-0.2, -0.15) is 0 Å². The summed E-state index contributed by atoms with van der Waals surface area (Å²) in [5, 5.41) is 8.65. The molecular formula is C19H25N5. The minimum absolute atomic E-state index is 0.277. The minimum atomic E-state index is 0.277. The fourth-order valence-corrected chi connectivity index (χ4v) is 3.72. The van der Waals surface area contributed by atoms with Crippen LogP contribution in [0.25, 0.3) is 0 Å². The highest BCUT2D eigenvalue weighted by molar-refractivity contribution is 5.49. The van der Waals surface area contributed by atoms with Crippen LogP contribution in [0.15, 0.2) is 54.9 Å². The molecule has 1 aromatic heterocycles. The lowest BCUT2D eigenvalue weighted by Crippen LogP contribution is -2.63. The Morgan fingerprint density at radius 2 is 1.71 bits per heavy atom. The molecule has 0 bridgehead atoms. The second-order valence-corrected chi connectivity index (χ2v) is 6.46. The van der Waals surface area contributed by atoms with Crippen molar-refractivity contribution in [2.75, 3.05) is 42.6 Å². The van der Waals surface area contributed by atoms with E-state index in [0.29, 0.717) is 0 Å². The maximum Gasteiger partial charge on any atom is 0.113 e. The molecule has 0 saturated carbocycles. The van der Waals surface area contributed by atoms with Crippen LogP contribution < -0.4 is 15.2 Å². The molecule has 3 heterocycles. The van der Waals surface area contributed by atoms with Crippen molar-refractivity contribution >= 4 is 11.4 Å². The number of rotatable bonds is 4. The summed E-state index contributed by atoms with van der Waals surface area (Å²) >= 11 is 0. The lowest BCUT2D eigenvalue weighted by atomic mass is 10.2. The van der Waals surface area contributed by atoms with E-state index < -0.39 is 0 Å². The van der Waals surface area contributed by atoms with Crippen LogP contribution in [0.5, 0.6) is 0 Å². The summed E-state index contributed by atoms with van der Waals surface area (Å²) in [6.07, 6.45) is 6.60. The molecule has 2 fully saturated rings. The monoisotopic (exact) mass is 323 g/mol. The van der Waals surface area contributed by atoms with Gasteiger partial charge in [-0.25, -0.2) is 5.01 Å². The molecule has 126 valence electrons.